The highest BCUT2D eigenvalue weighted by molar-refractivity contribution is 5.97. The average molecular weight is 372 g/mol. The molecule has 0 aromatic heterocycles. The van der Waals surface area contributed by atoms with Crippen molar-refractivity contribution in [2.45, 2.75) is 26.8 Å². The SMILES string of the molecule is CCOc1ccc(C(=O)NC(C(=O)O)c2cc(C)cc(C)c2)cc1[N+](=O)[O-]. The second kappa shape index (κ2) is 8.31. The molecule has 0 bridgehead atoms. The first-order chi connectivity index (χ1) is 12.7. The molecule has 8 heteroatoms. The van der Waals surface area contributed by atoms with Gasteiger partial charge < -0.3 is 15.2 Å². The quantitative estimate of drug-likeness (QED) is 0.569. The number of ether oxygens (including phenoxy) is 1. The van der Waals surface area contributed by atoms with Gasteiger partial charge in [0, 0.05) is 11.6 Å². The number of hydrogen-bond acceptors (Lipinski definition) is 5. The zero-order valence-corrected chi connectivity index (χ0v) is 15.2. The number of nitrogens with zero attached hydrogens (tertiary/aromatic N) is 1. The molecule has 0 heterocycles. The number of carboxylic acid groups (broad SMARTS) is 1. The minimum absolute atomic E-state index is 0.0271. The number of carbonyl (C=O) groups is 2. The van der Waals surface area contributed by atoms with Crippen molar-refractivity contribution < 1.29 is 24.4 Å². The van der Waals surface area contributed by atoms with Crippen molar-refractivity contribution in [1.29, 1.82) is 0 Å². The van der Waals surface area contributed by atoms with Gasteiger partial charge in [-0.2, -0.15) is 0 Å². The summed E-state index contributed by atoms with van der Waals surface area (Å²) < 4.78 is 5.18. The lowest BCUT2D eigenvalue weighted by atomic mass is 10.0. The Bertz CT molecular complexity index is 874. The number of benzene rings is 2. The van der Waals surface area contributed by atoms with Gasteiger partial charge in [0.15, 0.2) is 11.8 Å². The molecular weight excluding hydrogens is 352 g/mol. The lowest BCUT2D eigenvalue weighted by Crippen LogP contribution is -2.33. The highest BCUT2D eigenvalue weighted by Gasteiger charge is 2.25. The number of nitro benzene ring substituents is 1. The largest absolute Gasteiger partial charge is 0.487 e. The molecule has 8 nitrogen and oxygen atoms in total. The van der Waals surface area contributed by atoms with Crippen LogP contribution in [0.2, 0.25) is 0 Å². The molecule has 0 saturated heterocycles. The van der Waals surface area contributed by atoms with Crippen LogP contribution >= 0.6 is 0 Å². The zero-order valence-electron chi connectivity index (χ0n) is 15.2. The molecule has 142 valence electrons. The number of nitrogens with one attached hydrogen (secondary N) is 1. The number of amides is 1. The fourth-order valence-electron chi connectivity index (χ4n) is 2.76. The molecular formula is C19H20N2O6. The number of aryl methyl sites for hydroxylation is 2. The van der Waals surface area contributed by atoms with Crippen molar-refractivity contribution in [2.75, 3.05) is 6.61 Å². The van der Waals surface area contributed by atoms with Gasteiger partial charge in [0.2, 0.25) is 0 Å². The van der Waals surface area contributed by atoms with Crippen molar-refractivity contribution in [2.24, 2.45) is 0 Å². The molecule has 2 aromatic rings. The van der Waals surface area contributed by atoms with Gasteiger partial charge in [-0.15, -0.1) is 0 Å². The van der Waals surface area contributed by atoms with Crippen LogP contribution in [0, 0.1) is 24.0 Å². The smallest absolute Gasteiger partial charge is 0.330 e. The lowest BCUT2D eigenvalue weighted by molar-refractivity contribution is -0.385. The van der Waals surface area contributed by atoms with E-state index in [0.717, 1.165) is 17.2 Å². The predicted molar refractivity (Wildman–Crippen MR) is 98.0 cm³/mol. The summed E-state index contributed by atoms with van der Waals surface area (Å²) in [5.41, 5.74) is 1.77. The summed E-state index contributed by atoms with van der Waals surface area (Å²) in [6, 6.07) is 7.71. The third kappa shape index (κ3) is 4.81. The molecule has 0 fully saturated rings. The van der Waals surface area contributed by atoms with Gasteiger partial charge in [0.25, 0.3) is 5.91 Å². The third-order valence-electron chi connectivity index (χ3n) is 3.82. The van der Waals surface area contributed by atoms with Gasteiger partial charge in [-0.1, -0.05) is 29.3 Å². The van der Waals surface area contributed by atoms with Crippen LogP contribution < -0.4 is 10.1 Å². The van der Waals surface area contributed by atoms with Crippen molar-refractivity contribution in [1.82, 2.24) is 5.32 Å². The minimum Gasteiger partial charge on any atom is -0.487 e. The fraction of sp³-hybridized carbons (Fsp3) is 0.263. The van der Waals surface area contributed by atoms with Crippen LogP contribution in [0.5, 0.6) is 5.75 Å². The summed E-state index contributed by atoms with van der Waals surface area (Å²) in [4.78, 5) is 34.7. The minimum atomic E-state index is -1.28. The van der Waals surface area contributed by atoms with Crippen molar-refractivity contribution in [3.8, 4) is 5.75 Å². The van der Waals surface area contributed by atoms with E-state index < -0.39 is 22.8 Å². The highest BCUT2D eigenvalue weighted by atomic mass is 16.6. The fourth-order valence-corrected chi connectivity index (χ4v) is 2.76. The molecule has 0 aliphatic carbocycles. The van der Waals surface area contributed by atoms with Gasteiger partial charge >= 0.3 is 11.7 Å². The average Bonchev–Trinajstić information content (AvgIpc) is 2.58. The van der Waals surface area contributed by atoms with Gasteiger partial charge in [0.1, 0.15) is 0 Å². The van der Waals surface area contributed by atoms with Crippen LogP contribution in [0.1, 0.15) is 40.0 Å². The number of carbonyl (C=O) groups excluding carboxylic acids is 1. The van der Waals surface area contributed by atoms with Crippen LogP contribution in [0.25, 0.3) is 0 Å². The number of aliphatic carboxylic acids is 1. The summed E-state index contributed by atoms with van der Waals surface area (Å²) in [6.07, 6.45) is 0. The second-order valence-corrected chi connectivity index (χ2v) is 6.04. The second-order valence-electron chi connectivity index (χ2n) is 6.04. The maximum atomic E-state index is 12.5. The van der Waals surface area contributed by atoms with Crippen LogP contribution in [0.4, 0.5) is 5.69 Å². The van der Waals surface area contributed by atoms with E-state index >= 15 is 0 Å². The summed E-state index contributed by atoms with van der Waals surface area (Å²) in [5.74, 6) is -1.91. The summed E-state index contributed by atoms with van der Waals surface area (Å²) in [6.45, 7) is 5.58. The number of hydrogen-bond donors (Lipinski definition) is 2. The molecule has 1 atom stereocenters. The molecule has 0 aliphatic rings. The zero-order chi connectivity index (χ0) is 20.1. The van der Waals surface area contributed by atoms with Crippen molar-refractivity contribution in [3.05, 3.63) is 68.8 Å². The molecule has 2 N–H and O–H groups in total. The van der Waals surface area contributed by atoms with Crippen LogP contribution in [-0.2, 0) is 4.79 Å². The lowest BCUT2D eigenvalue weighted by Gasteiger charge is -2.16. The summed E-state index contributed by atoms with van der Waals surface area (Å²) in [7, 11) is 0. The summed E-state index contributed by atoms with van der Waals surface area (Å²) >= 11 is 0. The van der Waals surface area contributed by atoms with Crippen molar-refractivity contribution in [3.63, 3.8) is 0 Å². The van der Waals surface area contributed by atoms with E-state index in [-0.39, 0.29) is 23.6 Å². The highest BCUT2D eigenvalue weighted by Crippen LogP contribution is 2.28. The Balaban J connectivity index is 2.34. The Morgan fingerprint density at radius 2 is 1.81 bits per heavy atom. The first-order valence-electron chi connectivity index (χ1n) is 8.26. The topological polar surface area (TPSA) is 119 Å². The number of carboxylic acids is 1. The molecule has 0 aliphatic heterocycles. The first-order valence-corrected chi connectivity index (χ1v) is 8.26. The Kier molecular flexibility index (Phi) is 6.12. The predicted octanol–water partition coefficient (Wildman–Crippen LogP) is 3.17. The van der Waals surface area contributed by atoms with Crippen LogP contribution in [0.3, 0.4) is 0 Å². The van der Waals surface area contributed by atoms with E-state index in [4.69, 9.17) is 4.74 Å². The maximum absolute atomic E-state index is 12.5. The van der Waals surface area contributed by atoms with E-state index in [0.29, 0.717) is 5.56 Å². The summed E-state index contributed by atoms with van der Waals surface area (Å²) in [5, 5.41) is 23.1. The number of rotatable bonds is 7. The standard InChI is InChI=1S/C19H20N2O6/c1-4-27-16-6-5-13(10-15(16)21(25)26)18(22)20-17(19(23)24)14-8-11(2)7-12(3)9-14/h5-10,17H,4H2,1-3H3,(H,20,22)(H,23,24). The van der Waals surface area contributed by atoms with E-state index in [1.807, 2.05) is 19.9 Å². The Morgan fingerprint density at radius 1 is 1.19 bits per heavy atom. The molecule has 0 saturated carbocycles. The van der Waals surface area contributed by atoms with Gasteiger partial charge in [-0.05, 0) is 38.5 Å². The Hall–Kier alpha value is -3.42. The van der Waals surface area contributed by atoms with Gasteiger partial charge in [0.05, 0.1) is 11.5 Å². The first kappa shape index (κ1) is 19.9. The molecule has 0 radical (unpaired) electrons. The third-order valence-corrected chi connectivity index (χ3v) is 3.82. The molecule has 2 rings (SSSR count). The van der Waals surface area contributed by atoms with E-state index in [2.05, 4.69) is 5.32 Å². The molecule has 2 aromatic carbocycles. The van der Waals surface area contributed by atoms with Gasteiger partial charge in [-0.25, -0.2) is 4.79 Å². The Morgan fingerprint density at radius 3 is 2.33 bits per heavy atom. The molecule has 1 amide bonds. The maximum Gasteiger partial charge on any atom is 0.330 e. The van der Waals surface area contributed by atoms with Gasteiger partial charge in [-0.3, -0.25) is 14.9 Å². The molecule has 0 spiro atoms. The van der Waals surface area contributed by atoms with Crippen LogP contribution in [0.15, 0.2) is 36.4 Å². The molecule has 27 heavy (non-hydrogen) atoms. The number of nitro groups is 1. The molecule has 1 unspecified atom stereocenters. The van der Waals surface area contributed by atoms with Crippen molar-refractivity contribution >= 4 is 17.6 Å². The Labute approximate surface area is 155 Å². The normalized spacial score (nSPS) is 11.5. The van der Waals surface area contributed by atoms with Crippen LogP contribution in [-0.4, -0.2) is 28.5 Å². The van der Waals surface area contributed by atoms with E-state index in [1.54, 1.807) is 19.1 Å². The monoisotopic (exact) mass is 372 g/mol. The van der Waals surface area contributed by atoms with E-state index in [9.17, 15) is 24.8 Å². The van der Waals surface area contributed by atoms with E-state index in [1.165, 1.54) is 12.1 Å².